The molecule has 7 heteroatoms. The van der Waals surface area contributed by atoms with Crippen molar-refractivity contribution in [3.63, 3.8) is 0 Å². The van der Waals surface area contributed by atoms with Gasteiger partial charge in [-0.25, -0.2) is 4.79 Å². The van der Waals surface area contributed by atoms with Gasteiger partial charge in [-0.15, -0.1) is 0 Å². The van der Waals surface area contributed by atoms with Gasteiger partial charge in [0, 0.05) is 0 Å². The zero-order chi connectivity index (χ0) is 15.8. The molecule has 1 aromatic carbocycles. The van der Waals surface area contributed by atoms with Crippen molar-refractivity contribution in [1.82, 2.24) is 5.32 Å². The number of carboxylic acids is 1. The van der Waals surface area contributed by atoms with E-state index in [0.717, 1.165) is 0 Å². The van der Waals surface area contributed by atoms with Gasteiger partial charge in [-0.3, -0.25) is 9.59 Å². The summed E-state index contributed by atoms with van der Waals surface area (Å²) in [4.78, 5) is 33.9. The standard InChI is InChI=1S/C14H16N2O5/c1-2-7-21-11-6-4-3-5-9(11)13(18)16-10(14(19)20)8-12(15)17/h2-6,10H,1,7-8H2,(H2,15,17)(H,16,18)(H,19,20). The molecule has 0 aliphatic heterocycles. The summed E-state index contributed by atoms with van der Waals surface area (Å²) in [5.41, 5.74) is 5.11. The highest BCUT2D eigenvalue weighted by atomic mass is 16.5. The Kier molecular flexibility index (Phi) is 5.94. The van der Waals surface area contributed by atoms with Gasteiger partial charge in [0.2, 0.25) is 5.91 Å². The molecule has 0 aliphatic carbocycles. The van der Waals surface area contributed by atoms with Gasteiger partial charge in [0.15, 0.2) is 0 Å². The molecule has 0 saturated carbocycles. The Hall–Kier alpha value is -2.83. The van der Waals surface area contributed by atoms with Gasteiger partial charge in [-0.2, -0.15) is 0 Å². The zero-order valence-electron chi connectivity index (χ0n) is 11.2. The Morgan fingerprint density at radius 2 is 2.05 bits per heavy atom. The number of rotatable bonds is 8. The maximum absolute atomic E-state index is 12.1. The highest BCUT2D eigenvalue weighted by molar-refractivity contribution is 5.99. The van der Waals surface area contributed by atoms with Crippen LogP contribution in [0.1, 0.15) is 16.8 Å². The van der Waals surface area contributed by atoms with Crippen LogP contribution < -0.4 is 15.8 Å². The monoisotopic (exact) mass is 292 g/mol. The molecule has 4 N–H and O–H groups in total. The lowest BCUT2D eigenvalue weighted by molar-refractivity contribution is -0.140. The van der Waals surface area contributed by atoms with E-state index in [9.17, 15) is 14.4 Å². The molecule has 1 atom stereocenters. The fourth-order valence-electron chi connectivity index (χ4n) is 1.57. The van der Waals surface area contributed by atoms with Crippen molar-refractivity contribution in [2.45, 2.75) is 12.5 Å². The Bertz CT molecular complexity index is 556. The first-order valence-electron chi connectivity index (χ1n) is 6.10. The quantitative estimate of drug-likeness (QED) is 0.596. The second-order valence-electron chi connectivity index (χ2n) is 4.13. The van der Waals surface area contributed by atoms with Gasteiger partial charge in [0.05, 0.1) is 12.0 Å². The second kappa shape index (κ2) is 7.68. The molecule has 1 aromatic rings. The molecule has 0 aromatic heterocycles. The molecule has 0 fully saturated rings. The number of carbonyl (C=O) groups excluding carboxylic acids is 2. The van der Waals surface area contributed by atoms with Crippen LogP contribution in [0.3, 0.4) is 0 Å². The van der Waals surface area contributed by atoms with Gasteiger partial charge in [-0.05, 0) is 12.1 Å². The average molecular weight is 292 g/mol. The summed E-state index contributed by atoms with van der Waals surface area (Å²) >= 11 is 0. The predicted molar refractivity (Wildman–Crippen MR) is 74.8 cm³/mol. The number of amides is 2. The molecule has 112 valence electrons. The molecule has 0 bridgehead atoms. The molecule has 0 heterocycles. The second-order valence-corrected chi connectivity index (χ2v) is 4.13. The molecule has 2 amide bonds. The Morgan fingerprint density at radius 3 is 2.62 bits per heavy atom. The molecule has 0 saturated heterocycles. The topological polar surface area (TPSA) is 119 Å². The first kappa shape index (κ1) is 16.2. The number of aliphatic carboxylic acids is 1. The van der Waals surface area contributed by atoms with Crippen LogP contribution in [0.2, 0.25) is 0 Å². The number of benzene rings is 1. The maximum atomic E-state index is 12.1. The minimum atomic E-state index is -1.39. The van der Waals surface area contributed by atoms with Crippen molar-refractivity contribution >= 4 is 17.8 Å². The summed E-state index contributed by atoms with van der Waals surface area (Å²) in [6.45, 7) is 3.70. The van der Waals surface area contributed by atoms with E-state index in [1.807, 2.05) is 0 Å². The number of ether oxygens (including phenoxy) is 1. The molecule has 1 rings (SSSR count). The minimum Gasteiger partial charge on any atom is -0.489 e. The van der Waals surface area contributed by atoms with Gasteiger partial charge >= 0.3 is 5.97 Å². The van der Waals surface area contributed by atoms with Crippen LogP contribution in [0.4, 0.5) is 0 Å². The minimum absolute atomic E-state index is 0.162. The molecule has 1 unspecified atom stereocenters. The Morgan fingerprint density at radius 1 is 1.38 bits per heavy atom. The largest absolute Gasteiger partial charge is 0.489 e. The summed E-state index contributed by atoms with van der Waals surface area (Å²) in [5.74, 6) is -2.54. The van der Waals surface area contributed by atoms with Gasteiger partial charge in [0.1, 0.15) is 18.4 Å². The molecular formula is C14H16N2O5. The van der Waals surface area contributed by atoms with E-state index >= 15 is 0 Å². The Balaban J connectivity index is 2.89. The molecular weight excluding hydrogens is 276 g/mol. The van der Waals surface area contributed by atoms with Crippen molar-refractivity contribution in [3.8, 4) is 5.75 Å². The van der Waals surface area contributed by atoms with Crippen LogP contribution >= 0.6 is 0 Å². The number of hydrogen-bond acceptors (Lipinski definition) is 4. The predicted octanol–water partition coefficient (Wildman–Crippen LogP) is 0.310. The molecule has 0 radical (unpaired) electrons. The van der Waals surface area contributed by atoms with E-state index < -0.39 is 30.2 Å². The van der Waals surface area contributed by atoms with Crippen molar-refractivity contribution in [1.29, 1.82) is 0 Å². The van der Waals surface area contributed by atoms with Crippen LogP contribution in [0.25, 0.3) is 0 Å². The lowest BCUT2D eigenvalue weighted by Crippen LogP contribution is -2.43. The summed E-state index contributed by atoms with van der Waals surface area (Å²) < 4.78 is 5.31. The Labute approximate surface area is 121 Å². The third-order valence-electron chi connectivity index (χ3n) is 2.50. The van der Waals surface area contributed by atoms with Crippen molar-refractivity contribution in [2.75, 3.05) is 6.61 Å². The normalized spacial score (nSPS) is 11.2. The first-order chi connectivity index (χ1) is 9.95. The average Bonchev–Trinajstić information content (AvgIpc) is 2.44. The summed E-state index contributed by atoms with van der Waals surface area (Å²) in [6, 6.07) is 4.95. The van der Waals surface area contributed by atoms with Gasteiger partial charge in [-0.1, -0.05) is 24.8 Å². The molecule has 7 nitrogen and oxygen atoms in total. The number of para-hydroxylation sites is 1. The number of primary amides is 1. The smallest absolute Gasteiger partial charge is 0.326 e. The van der Waals surface area contributed by atoms with Crippen molar-refractivity contribution < 1.29 is 24.2 Å². The van der Waals surface area contributed by atoms with Crippen LogP contribution in [0.5, 0.6) is 5.75 Å². The number of carboxylic acid groups (broad SMARTS) is 1. The van der Waals surface area contributed by atoms with Crippen LogP contribution in [0.15, 0.2) is 36.9 Å². The van der Waals surface area contributed by atoms with E-state index in [2.05, 4.69) is 11.9 Å². The number of nitrogens with two attached hydrogens (primary N) is 1. The third-order valence-corrected chi connectivity index (χ3v) is 2.50. The van der Waals surface area contributed by atoms with E-state index in [1.54, 1.807) is 18.2 Å². The maximum Gasteiger partial charge on any atom is 0.326 e. The van der Waals surface area contributed by atoms with Crippen LogP contribution in [-0.2, 0) is 9.59 Å². The number of hydrogen-bond donors (Lipinski definition) is 3. The van der Waals surface area contributed by atoms with Crippen molar-refractivity contribution in [2.24, 2.45) is 5.73 Å². The zero-order valence-corrected chi connectivity index (χ0v) is 11.2. The fourth-order valence-corrected chi connectivity index (χ4v) is 1.57. The highest BCUT2D eigenvalue weighted by Gasteiger charge is 2.24. The third kappa shape index (κ3) is 4.98. The van der Waals surface area contributed by atoms with Gasteiger partial charge < -0.3 is 20.9 Å². The SMILES string of the molecule is C=CCOc1ccccc1C(=O)NC(CC(N)=O)C(=O)O. The van der Waals surface area contributed by atoms with Crippen LogP contribution in [0, 0.1) is 0 Å². The molecule has 0 spiro atoms. The number of nitrogens with one attached hydrogen (secondary N) is 1. The fraction of sp³-hybridized carbons (Fsp3) is 0.214. The van der Waals surface area contributed by atoms with Crippen LogP contribution in [-0.4, -0.2) is 35.5 Å². The van der Waals surface area contributed by atoms with Crippen molar-refractivity contribution in [3.05, 3.63) is 42.5 Å². The molecule has 0 aliphatic rings. The van der Waals surface area contributed by atoms with E-state index in [4.69, 9.17) is 15.6 Å². The van der Waals surface area contributed by atoms with E-state index in [-0.39, 0.29) is 17.9 Å². The lowest BCUT2D eigenvalue weighted by atomic mass is 10.1. The first-order valence-corrected chi connectivity index (χ1v) is 6.10. The number of carbonyl (C=O) groups is 3. The summed E-state index contributed by atoms with van der Waals surface area (Å²) in [7, 11) is 0. The van der Waals surface area contributed by atoms with Gasteiger partial charge in [0.25, 0.3) is 5.91 Å². The van der Waals surface area contributed by atoms with E-state index in [0.29, 0.717) is 0 Å². The lowest BCUT2D eigenvalue weighted by Gasteiger charge is -2.14. The van der Waals surface area contributed by atoms with E-state index in [1.165, 1.54) is 12.1 Å². The summed E-state index contributed by atoms with van der Waals surface area (Å²) in [6.07, 6.45) is 1.03. The highest BCUT2D eigenvalue weighted by Crippen LogP contribution is 2.18. The molecule has 21 heavy (non-hydrogen) atoms. The summed E-state index contributed by atoms with van der Waals surface area (Å²) in [5, 5.41) is 11.2.